The molecule has 0 radical (unpaired) electrons. The molecule has 2 aliphatic rings. The lowest BCUT2D eigenvalue weighted by Crippen LogP contribution is -2.37. The molecule has 0 spiro atoms. The monoisotopic (exact) mass is 256 g/mol. The first-order valence-corrected chi connectivity index (χ1v) is 6.56. The van der Waals surface area contributed by atoms with Crippen LogP contribution >= 0.6 is 0 Å². The van der Waals surface area contributed by atoms with Crippen LogP contribution in [0.1, 0.15) is 32.1 Å². The zero-order chi connectivity index (χ0) is 13.0. The van der Waals surface area contributed by atoms with E-state index >= 15 is 0 Å². The Kier molecular flexibility index (Phi) is 4.54. The largest absolute Gasteiger partial charge is 0.479 e. The number of nitrogens with one attached hydrogen (secondary N) is 2. The van der Waals surface area contributed by atoms with Gasteiger partial charge in [0.15, 0.2) is 6.10 Å². The summed E-state index contributed by atoms with van der Waals surface area (Å²) in [7, 11) is 0. The fraction of sp³-hybridized carbons (Fsp3) is 0.833. The highest BCUT2D eigenvalue weighted by Crippen LogP contribution is 2.20. The second-order valence-corrected chi connectivity index (χ2v) is 4.90. The summed E-state index contributed by atoms with van der Waals surface area (Å²) in [6, 6.07) is 0.690. The van der Waals surface area contributed by atoms with Crippen LogP contribution in [-0.2, 0) is 14.3 Å². The fourth-order valence-corrected chi connectivity index (χ4v) is 2.02. The van der Waals surface area contributed by atoms with Crippen LogP contribution in [0.15, 0.2) is 0 Å². The average Bonchev–Trinajstić information content (AvgIpc) is 3.02. The van der Waals surface area contributed by atoms with Crippen LogP contribution in [0.5, 0.6) is 0 Å². The Morgan fingerprint density at radius 2 is 1.83 bits per heavy atom. The van der Waals surface area contributed by atoms with E-state index in [1.807, 2.05) is 0 Å². The molecule has 6 heteroatoms. The van der Waals surface area contributed by atoms with Gasteiger partial charge in [-0.1, -0.05) is 0 Å². The Labute approximate surface area is 106 Å². The summed E-state index contributed by atoms with van der Waals surface area (Å²) in [5.74, 6) is -1.18. The van der Waals surface area contributed by atoms with E-state index in [4.69, 9.17) is 9.84 Å². The van der Waals surface area contributed by atoms with Crippen molar-refractivity contribution in [1.82, 2.24) is 10.6 Å². The third-order valence-corrected chi connectivity index (χ3v) is 3.25. The number of ether oxygens (including phenoxy) is 1. The van der Waals surface area contributed by atoms with Gasteiger partial charge in [0.1, 0.15) is 6.10 Å². The van der Waals surface area contributed by atoms with Crippen LogP contribution < -0.4 is 10.6 Å². The molecule has 1 amide bonds. The zero-order valence-electron chi connectivity index (χ0n) is 10.4. The minimum absolute atomic E-state index is 0.190. The highest BCUT2D eigenvalue weighted by Gasteiger charge is 2.34. The van der Waals surface area contributed by atoms with Crippen LogP contribution in [0.3, 0.4) is 0 Å². The lowest BCUT2D eigenvalue weighted by Gasteiger charge is -2.11. The lowest BCUT2D eigenvalue weighted by atomic mass is 10.2. The van der Waals surface area contributed by atoms with Crippen molar-refractivity contribution in [2.75, 3.05) is 13.1 Å². The fourth-order valence-electron chi connectivity index (χ4n) is 2.02. The molecule has 2 fully saturated rings. The molecule has 0 aromatic carbocycles. The topological polar surface area (TPSA) is 87.7 Å². The third kappa shape index (κ3) is 3.96. The zero-order valence-corrected chi connectivity index (χ0v) is 10.4. The molecule has 0 aromatic heterocycles. The van der Waals surface area contributed by atoms with Gasteiger partial charge in [-0.15, -0.1) is 0 Å². The molecule has 2 rings (SSSR count). The number of aliphatic carboxylic acids is 1. The SMILES string of the molecule is O=C(NCCCNC1CC1)[C@@H]1CC[C@H](C(=O)O)O1. The summed E-state index contributed by atoms with van der Waals surface area (Å²) in [4.78, 5) is 22.3. The van der Waals surface area contributed by atoms with Gasteiger partial charge in [0, 0.05) is 12.6 Å². The number of carbonyl (C=O) groups excluding carboxylic acids is 1. The van der Waals surface area contributed by atoms with Crippen LogP contribution in [-0.4, -0.2) is 48.3 Å². The van der Waals surface area contributed by atoms with E-state index < -0.39 is 18.2 Å². The Morgan fingerprint density at radius 1 is 1.11 bits per heavy atom. The first-order chi connectivity index (χ1) is 8.66. The van der Waals surface area contributed by atoms with Gasteiger partial charge in [0.25, 0.3) is 0 Å². The summed E-state index contributed by atoms with van der Waals surface area (Å²) in [6.07, 6.45) is 2.90. The molecule has 6 nitrogen and oxygen atoms in total. The van der Waals surface area contributed by atoms with Gasteiger partial charge < -0.3 is 20.5 Å². The van der Waals surface area contributed by atoms with Crippen molar-refractivity contribution in [1.29, 1.82) is 0 Å². The molecular weight excluding hydrogens is 236 g/mol. The number of amides is 1. The van der Waals surface area contributed by atoms with Crippen LogP contribution in [0, 0.1) is 0 Å². The van der Waals surface area contributed by atoms with E-state index in [1.54, 1.807) is 0 Å². The van der Waals surface area contributed by atoms with Crippen molar-refractivity contribution in [2.45, 2.75) is 50.4 Å². The first-order valence-electron chi connectivity index (χ1n) is 6.56. The van der Waals surface area contributed by atoms with Gasteiger partial charge in [0.2, 0.25) is 5.91 Å². The Balaban J connectivity index is 1.55. The standard InChI is InChI=1S/C12H20N2O4/c15-11(9-4-5-10(18-9)12(16)17)14-7-1-6-13-8-2-3-8/h8-10,13H,1-7H2,(H,14,15)(H,16,17)/t9-,10+/m0/s1. The van der Waals surface area contributed by atoms with Crippen molar-refractivity contribution >= 4 is 11.9 Å². The summed E-state index contributed by atoms with van der Waals surface area (Å²) < 4.78 is 5.16. The second-order valence-electron chi connectivity index (χ2n) is 4.90. The third-order valence-electron chi connectivity index (χ3n) is 3.25. The number of carboxylic acid groups (broad SMARTS) is 1. The molecule has 1 saturated heterocycles. The van der Waals surface area contributed by atoms with Crippen molar-refractivity contribution < 1.29 is 19.4 Å². The molecule has 0 aromatic rings. The molecule has 0 unspecified atom stereocenters. The Morgan fingerprint density at radius 3 is 2.44 bits per heavy atom. The van der Waals surface area contributed by atoms with Gasteiger partial charge in [-0.3, -0.25) is 4.79 Å². The molecule has 1 aliphatic heterocycles. The van der Waals surface area contributed by atoms with Crippen LogP contribution in [0.2, 0.25) is 0 Å². The van der Waals surface area contributed by atoms with E-state index in [1.165, 1.54) is 12.8 Å². The molecule has 18 heavy (non-hydrogen) atoms. The Hall–Kier alpha value is -1.14. The molecular formula is C12H20N2O4. The number of hydrogen-bond acceptors (Lipinski definition) is 4. The number of hydrogen-bond donors (Lipinski definition) is 3. The predicted molar refractivity (Wildman–Crippen MR) is 64.2 cm³/mol. The van der Waals surface area contributed by atoms with Gasteiger partial charge in [-0.25, -0.2) is 4.79 Å². The van der Waals surface area contributed by atoms with Crippen molar-refractivity contribution in [3.63, 3.8) is 0 Å². The quantitative estimate of drug-likeness (QED) is 0.553. The maximum atomic E-state index is 11.7. The maximum Gasteiger partial charge on any atom is 0.332 e. The predicted octanol–water partition coefficient (Wildman–Crippen LogP) is -0.123. The van der Waals surface area contributed by atoms with Crippen molar-refractivity contribution in [3.8, 4) is 0 Å². The number of carbonyl (C=O) groups is 2. The maximum absolute atomic E-state index is 11.7. The van der Waals surface area contributed by atoms with Gasteiger partial charge in [0.05, 0.1) is 0 Å². The molecule has 0 bridgehead atoms. The van der Waals surface area contributed by atoms with E-state index in [9.17, 15) is 9.59 Å². The van der Waals surface area contributed by atoms with E-state index in [2.05, 4.69) is 10.6 Å². The molecule has 1 heterocycles. The molecule has 1 saturated carbocycles. The van der Waals surface area contributed by atoms with E-state index in [0.717, 1.165) is 13.0 Å². The number of rotatable bonds is 7. The van der Waals surface area contributed by atoms with Crippen LogP contribution in [0.25, 0.3) is 0 Å². The lowest BCUT2D eigenvalue weighted by molar-refractivity contribution is -0.151. The van der Waals surface area contributed by atoms with Crippen molar-refractivity contribution in [3.05, 3.63) is 0 Å². The minimum Gasteiger partial charge on any atom is -0.479 e. The average molecular weight is 256 g/mol. The molecule has 3 N–H and O–H groups in total. The van der Waals surface area contributed by atoms with Gasteiger partial charge in [-0.05, 0) is 38.6 Å². The smallest absolute Gasteiger partial charge is 0.332 e. The normalized spacial score (nSPS) is 27.1. The van der Waals surface area contributed by atoms with Crippen LogP contribution in [0.4, 0.5) is 0 Å². The molecule has 102 valence electrons. The highest BCUT2D eigenvalue weighted by atomic mass is 16.5. The number of carboxylic acids is 1. The summed E-state index contributed by atoms with van der Waals surface area (Å²) in [6.45, 7) is 1.52. The van der Waals surface area contributed by atoms with Gasteiger partial charge in [-0.2, -0.15) is 0 Å². The Bertz CT molecular complexity index is 317. The molecule has 2 atom stereocenters. The highest BCUT2D eigenvalue weighted by molar-refractivity contribution is 5.82. The summed E-state index contributed by atoms with van der Waals surface area (Å²) in [5, 5.41) is 14.9. The minimum atomic E-state index is -0.987. The molecule has 1 aliphatic carbocycles. The summed E-state index contributed by atoms with van der Waals surface area (Å²) in [5.41, 5.74) is 0. The first kappa shape index (κ1) is 13.3. The van der Waals surface area contributed by atoms with E-state index in [-0.39, 0.29) is 5.91 Å². The van der Waals surface area contributed by atoms with Crippen molar-refractivity contribution in [2.24, 2.45) is 0 Å². The van der Waals surface area contributed by atoms with Gasteiger partial charge >= 0.3 is 5.97 Å². The summed E-state index contributed by atoms with van der Waals surface area (Å²) >= 11 is 0. The second kappa shape index (κ2) is 6.15. The van der Waals surface area contributed by atoms with E-state index in [0.29, 0.717) is 25.4 Å².